The predicted molar refractivity (Wildman–Crippen MR) is 131 cm³/mol. The van der Waals surface area contributed by atoms with Crippen molar-refractivity contribution in [3.05, 3.63) is 83.7 Å². The SMILES string of the molecule is [2H]C([2H])([2H])C([2H])([2H])C(O)(COC)c1c(-c2ccc(C(=O)O)cc2)c2c(F)c3[nH]ncc3cc2n1-c1ccc(F)cc1. The Bertz CT molecular complexity index is 1780. The van der Waals surface area contributed by atoms with Gasteiger partial charge in [-0.2, -0.15) is 5.10 Å². The van der Waals surface area contributed by atoms with Gasteiger partial charge in [-0.25, -0.2) is 13.6 Å². The molecule has 0 aliphatic carbocycles. The van der Waals surface area contributed by atoms with E-state index in [-0.39, 0.29) is 38.8 Å². The number of halogens is 2. The Hall–Kier alpha value is -4.08. The number of ether oxygens (including phenoxy) is 1. The van der Waals surface area contributed by atoms with Crippen LogP contribution in [0.5, 0.6) is 0 Å². The Kier molecular flexibility index (Phi) is 4.48. The summed E-state index contributed by atoms with van der Waals surface area (Å²) < 4.78 is 78.1. The van der Waals surface area contributed by atoms with Crippen molar-refractivity contribution in [1.29, 1.82) is 0 Å². The number of carboxylic acid groups (broad SMARTS) is 1. The van der Waals surface area contributed by atoms with Gasteiger partial charge in [-0.05, 0) is 54.4 Å². The van der Waals surface area contributed by atoms with Crippen LogP contribution in [0.1, 0.15) is 36.1 Å². The van der Waals surface area contributed by atoms with E-state index in [9.17, 15) is 19.4 Å². The van der Waals surface area contributed by atoms with Crippen LogP contribution in [0.2, 0.25) is 0 Å². The van der Waals surface area contributed by atoms with E-state index in [1.807, 2.05) is 0 Å². The van der Waals surface area contributed by atoms with E-state index in [1.165, 1.54) is 53.2 Å². The Balaban J connectivity index is 2.06. The molecule has 0 aliphatic rings. The first-order valence-electron chi connectivity index (χ1n) is 13.2. The zero-order chi connectivity index (χ0) is 29.9. The third kappa shape index (κ3) is 3.64. The van der Waals surface area contributed by atoms with Crippen molar-refractivity contribution in [1.82, 2.24) is 14.8 Å². The lowest BCUT2D eigenvalue weighted by Crippen LogP contribution is -2.33. The molecule has 2 aromatic heterocycles. The molecule has 2 heterocycles. The highest BCUT2D eigenvalue weighted by molar-refractivity contribution is 6.06. The van der Waals surface area contributed by atoms with Gasteiger partial charge in [-0.1, -0.05) is 19.0 Å². The van der Waals surface area contributed by atoms with Crippen molar-refractivity contribution in [2.75, 3.05) is 13.7 Å². The lowest BCUT2D eigenvalue weighted by Gasteiger charge is -2.29. The summed E-state index contributed by atoms with van der Waals surface area (Å²) in [7, 11) is 1.14. The number of rotatable bonds is 7. The number of aromatic carboxylic acids is 1. The van der Waals surface area contributed by atoms with Gasteiger partial charge in [0, 0.05) is 36.0 Å². The molecule has 0 aliphatic heterocycles. The molecule has 0 bridgehead atoms. The van der Waals surface area contributed by atoms with E-state index in [4.69, 9.17) is 11.6 Å². The molecular formula is C27H23F2N3O4. The Labute approximate surface area is 211 Å². The summed E-state index contributed by atoms with van der Waals surface area (Å²) in [5, 5.41) is 28.2. The number of nitrogens with zero attached hydrogens (tertiary/aromatic N) is 2. The van der Waals surface area contributed by atoms with Crippen LogP contribution in [0.3, 0.4) is 0 Å². The van der Waals surface area contributed by atoms with Crippen LogP contribution in [0.15, 0.2) is 60.8 Å². The Morgan fingerprint density at radius 1 is 1.22 bits per heavy atom. The predicted octanol–water partition coefficient (Wildman–Crippen LogP) is 5.39. The summed E-state index contributed by atoms with van der Waals surface area (Å²) >= 11 is 0. The molecule has 0 spiro atoms. The van der Waals surface area contributed by atoms with Crippen LogP contribution in [0.25, 0.3) is 38.6 Å². The minimum Gasteiger partial charge on any atom is -0.478 e. The zero-order valence-electron chi connectivity index (χ0n) is 23.8. The molecule has 184 valence electrons. The first-order valence-corrected chi connectivity index (χ1v) is 10.7. The fraction of sp³-hybridized carbons (Fsp3) is 0.185. The van der Waals surface area contributed by atoms with E-state index in [2.05, 4.69) is 10.2 Å². The molecule has 0 saturated carbocycles. The normalized spacial score (nSPS) is 16.2. The summed E-state index contributed by atoms with van der Waals surface area (Å²) in [6.45, 7) is -4.28. The minimum atomic E-state index is -3.40. The number of aliphatic hydroxyl groups is 1. The lowest BCUT2D eigenvalue weighted by atomic mass is 9.89. The quantitative estimate of drug-likeness (QED) is 0.280. The standard InChI is InChI=1S/C27H23F2N3O4/c1-3-27(35,14-36-2)25-21(15-4-6-16(7-5-15)26(33)34)22-20(12-17-13-30-31-24(17)23(22)29)32(25)19-10-8-18(28)9-11-19/h4-13,35H,3,14H2,1-2H3,(H,30,31)(H,33,34)/i1D3,3D2. The molecule has 1 unspecified atom stereocenters. The molecule has 5 rings (SSSR count). The van der Waals surface area contributed by atoms with E-state index >= 15 is 4.39 Å². The maximum Gasteiger partial charge on any atom is 0.335 e. The average molecular weight is 497 g/mol. The largest absolute Gasteiger partial charge is 0.478 e. The Morgan fingerprint density at radius 2 is 1.94 bits per heavy atom. The van der Waals surface area contributed by atoms with Crippen molar-refractivity contribution >= 4 is 27.8 Å². The minimum absolute atomic E-state index is 0.0159. The molecule has 36 heavy (non-hydrogen) atoms. The van der Waals surface area contributed by atoms with Gasteiger partial charge >= 0.3 is 5.97 Å². The molecule has 3 aromatic carbocycles. The van der Waals surface area contributed by atoms with Crippen LogP contribution in [0.4, 0.5) is 8.78 Å². The van der Waals surface area contributed by atoms with Gasteiger partial charge in [0.05, 0.1) is 29.6 Å². The number of benzene rings is 3. The second-order valence-electron chi connectivity index (χ2n) is 8.26. The number of aromatic nitrogens is 3. The van der Waals surface area contributed by atoms with Crippen LogP contribution in [-0.4, -0.2) is 44.7 Å². The fourth-order valence-electron chi connectivity index (χ4n) is 4.49. The molecule has 9 heteroatoms. The van der Waals surface area contributed by atoms with Crippen LogP contribution in [0, 0.1) is 11.6 Å². The monoisotopic (exact) mass is 496 g/mol. The highest BCUT2D eigenvalue weighted by Crippen LogP contribution is 2.45. The van der Waals surface area contributed by atoms with Gasteiger partial charge < -0.3 is 19.5 Å². The number of methoxy groups -OCH3 is 1. The summed E-state index contributed by atoms with van der Waals surface area (Å²) in [4.78, 5) is 11.5. The van der Waals surface area contributed by atoms with Gasteiger partial charge in [-0.15, -0.1) is 0 Å². The van der Waals surface area contributed by atoms with E-state index in [0.717, 1.165) is 19.2 Å². The van der Waals surface area contributed by atoms with Crippen molar-refractivity contribution in [2.24, 2.45) is 0 Å². The van der Waals surface area contributed by atoms with Crippen molar-refractivity contribution in [3.63, 3.8) is 0 Å². The first kappa shape index (κ1) is 18.2. The molecule has 7 nitrogen and oxygen atoms in total. The molecule has 0 fully saturated rings. The van der Waals surface area contributed by atoms with Gasteiger partial charge in [0.15, 0.2) is 5.82 Å². The summed E-state index contributed by atoms with van der Waals surface area (Å²) in [6.07, 6.45) is -2.03. The van der Waals surface area contributed by atoms with E-state index < -0.39 is 48.7 Å². The van der Waals surface area contributed by atoms with Crippen molar-refractivity contribution < 1.29 is 35.4 Å². The lowest BCUT2D eigenvalue weighted by molar-refractivity contribution is -0.0422. The number of carbonyl (C=O) groups is 1. The number of hydrogen-bond donors (Lipinski definition) is 3. The molecular weight excluding hydrogens is 468 g/mol. The van der Waals surface area contributed by atoms with Crippen LogP contribution >= 0.6 is 0 Å². The summed E-state index contributed by atoms with van der Waals surface area (Å²) in [5.41, 5.74) is -3.22. The molecule has 0 amide bonds. The summed E-state index contributed by atoms with van der Waals surface area (Å²) in [5.74, 6) is -2.68. The van der Waals surface area contributed by atoms with E-state index in [1.54, 1.807) is 0 Å². The molecule has 3 N–H and O–H groups in total. The van der Waals surface area contributed by atoms with Gasteiger partial charge in [0.25, 0.3) is 0 Å². The van der Waals surface area contributed by atoms with E-state index in [0.29, 0.717) is 5.39 Å². The van der Waals surface area contributed by atoms with Crippen molar-refractivity contribution in [3.8, 4) is 16.8 Å². The first-order chi connectivity index (χ1) is 19.2. The molecule has 1 atom stereocenters. The number of nitrogens with one attached hydrogen (secondary N) is 1. The zero-order valence-corrected chi connectivity index (χ0v) is 18.8. The number of hydrogen-bond acceptors (Lipinski definition) is 4. The third-order valence-corrected chi connectivity index (χ3v) is 6.06. The smallest absolute Gasteiger partial charge is 0.335 e. The maximum atomic E-state index is 16.4. The van der Waals surface area contributed by atoms with Gasteiger partial charge in [0.2, 0.25) is 0 Å². The maximum absolute atomic E-state index is 16.4. The van der Waals surface area contributed by atoms with Crippen molar-refractivity contribution in [2.45, 2.75) is 18.8 Å². The third-order valence-electron chi connectivity index (χ3n) is 6.06. The second-order valence-corrected chi connectivity index (χ2v) is 8.26. The topological polar surface area (TPSA) is 100 Å². The number of aromatic amines is 1. The fourth-order valence-corrected chi connectivity index (χ4v) is 4.49. The van der Waals surface area contributed by atoms with Crippen LogP contribution in [-0.2, 0) is 10.3 Å². The van der Waals surface area contributed by atoms with Crippen LogP contribution < -0.4 is 0 Å². The number of fused-ring (bicyclic) bond motifs is 2. The van der Waals surface area contributed by atoms with Gasteiger partial charge in [-0.3, -0.25) is 5.10 Å². The highest BCUT2D eigenvalue weighted by Gasteiger charge is 2.38. The van der Waals surface area contributed by atoms with Gasteiger partial charge in [0.1, 0.15) is 16.9 Å². The molecule has 0 radical (unpaired) electrons. The second kappa shape index (κ2) is 8.85. The Morgan fingerprint density at radius 3 is 2.58 bits per heavy atom. The highest BCUT2D eigenvalue weighted by atomic mass is 19.1. The molecule has 0 saturated heterocycles. The number of carboxylic acids is 1. The summed E-state index contributed by atoms with van der Waals surface area (Å²) in [6, 6.07) is 11.5. The number of H-pyrrole nitrogens is 1. The molecule has 5 aromatic rings. The average Bonchev–Trinajstić information content (AvgIpc) is 3.52.